The number of hydrogen-bond acceptors (Lipinski definition) is 2. The molecule has 0 saturated carbocycles. The van der Waals surface area contributed by atoms with Crippen LogP contribution in [0.25, 0.3) is 0 Å². The fourth-order valence-corrected chi connectivity index (χ4v) is 2.28. The van der Waals surface area contributed by atoms with Crippen molar-refractivity contribution in [2.45, 2.75) is 32.6 Å². The molecule has 0 atom stereocenters. The Morgan fingerprint density at radius 3 is 2.78 bits per heavy atom. The number of carbonyl (C=O) groups is 1. The molecule has 0 bridgehead atoms. The van der Waals surface area contributed by atoms with Gasteiger partial charge in [-0.25, -0.2) is 0 Å². The van der Waals surface area contributed by atoms with E-state index in [1.807, 2.05) is 13.0 Å². The molecule has 0 heterocycles. The summed E-state index contributed by atoms with van der Waals surface area (Å²) >= 11 is 9.44. The zero-order valence-corrected chi connectivity index (χ0v) is 12.8. The van der Waals surface area contributed by atoms with Gasteiger partial charge in [0.1, 0.15) is 0 Å². The van der Waals surface area contributed by atoms with Crippen LogP contribution in [0.3, 0.4) is 0 Å². The molecule has 3 N–H and O–H groups in total. The first kappa shape index (κ1) is 15.5. The van der Waals surface area contributed by atoms with Crippen molar-refractivity contribution in [3.05, 3.63) is 27.2 Å². The van der Waals surface area contributed by atoms with Crippen molar-refractivity contribution in [1.82, 2.24) is 0 Å². The maximum atomic E-state index is 11.7. The Morgan fingerprint density at radius 2 is 2.11 bits per heavy atom. The molecule has 0 unspecified atom stereocenters. The molecule has 0 aliphatic heterocycles. The van der Waals surface area contributed by atoms with Gasteiger partial charge in [-0.3, -0.25) is 4.79 Å². The molecule has 0 fully saturated rings. The van der Waals surface area contributed by atoms with E-state index in [0.29, 0.717) is 18.0 Å². The van der Waals surface area contributed by atoms with Crippen molar-refractivity contribution >= 4 is 39.1 Å². The monoisotopic (exact) mass is 332 g/mol. The maximum Gasteiger partial charge on any atom is 0.224 e. The zero-order chi connectivity index (χ0) is 13.5. The van der Waals surface area contributed by atoms with Crippen LogP contribution in [0.4, 0.5) is 5.69 Å². The van der Waals surface area contributed by atoms with E-state index < -0.39 is 0 Å². The molecular weight excluding hydrogens is 316 g/mol. The fraction of sp³-hybridized carbons (Fsp3) is 0.462. The number of rotatable bonds is 6. The number of nitrogens with one attached hydrogen (secondary N) is 1. The van der Waals surface area contributed by atoms with E-state index in [4.69, 9.17) is 17.3 Å². The summed E-state index contributed by atoms with van der Waals surface area (Å²) in [7, 11) is 0. The van der Waals surface area contributed by atoms with Crippen molar-refractivity contribution in [3.63, 3.8) is 0 Å². The molecule has 18 heavy (non-hydrogen) atoms. The van der Waals surface area contributed by atoms with E-state index in [0.717, 1.165) is 35.0 Å². The van der Waals surface area contributed by atoms with E-state index in [2.05, 4.69) is 21.2 Å². The maximum absolute atomic E-state index is 11.7. The van der Waals surface area contributed by atoms with E-state index in [9.17, 15) is 4.79 Å². The Bertz CT molecular complexity index is 424. The van der Waals surface area contributed by atoms with Crippen LogP contribution >= 0.6 is 27.5 Å². The molecule has 0 radical (unpaired) electrons. The van der Waals surface area contributed by atoms with Crippen molar-refractivity contribution in [3.8, 4) is 0 Å². The second-order valence-corrected chi connectivity index (χ2v) is 5.49. The van der Waals surface area contributed by atoms with Crippen LogP contribution in [0.1, 0.15) is 31.2 Å². The largest absolute Gasteiger partial charge is 0.330 e. The molecule has 0 saturated heterocycles. The third-order valence-corrected chi connectivity index (χ3v) is 3.69. The molecule has 1 amide bonds. The Kier molecular flexibility index (Phi) is 6.68. The third kappa shape index (κ3) is 4.96. The van der Waals surface area contributed by atoms with Crippen LogP contribution in [-0.2, 0) is 4.79 Å². The van der Waals surface area contributed by atoms with Crippen LogP contribution < -0.4 is 11.1 Å². The van der Waals surface area contributed by atoms with Crippen LogP contribution in [0, 0.1) is 6.92 Å². The molecule has 0 aliphatic carbocycles. The SMILES string of the molecule is Cc1cc(Br)c(NC(=O)CCCCCN)cc1Cl. The van der Waals surface area contributed by atoms with Gasteiger partial charge in [0.05, 0.1) is 5.69 Å². The third-order valence-electron chi connectivity index (χ3n) is 2.63. The molecule has 0 spiro atoms. The molecule has 100 valence electrons. The lowest BCUT2D eigenvalue weighted by Gasteiger charge is -2.09. The topological polar surface area (TPSA) is 55.1 Å². The van der Waals surface area contributed by atoms with Crippen LogP contribution in [0.2, 0.25) is 5.02 Å². The van der Waals surface area contributed by atoms with E-state index in [-0.39, 0.29) is 5.91 Å². The van der Waals surface area contributed by atoms with Gasteiger partial charge in [-0.2, -0.15) is 0 Å². The highest BCUT2D eigenvalue weighted by Crippen LogP contribution is 2.29. The molecule has 1 rings (SSSR count). The summed E-state index contributed by atoms with van der Waals surface area (Å²) in [6.45, 7) is 2.60. The minimum atomic E-state index is 0.00708. The van der Waals surface area contributed by atoms with Gasteiger partial charge < -0.3 is 11.1 Å². The number of halogens is 2. The van der Waals surface area contributed by atoms with Crippen LogP contribution in [-0.4, -0.2) is 12.5 Å². The van der Waals surface area contributed by atoms with E-state index >= 15 is 0 Å². The minimum Gasteiger partial charge on any atom is -0.330 e. The van der Waals surface area contributed by atoms with Crippen molar-refractivity contribution in [1.29, 1.82) is 0 Å². The second-order valence-electron chi connectivity index (χ2n) is 4.23. The second kappa shape index (κ2) is 7.77. The molecular formula is C13H18BrClN2O. The van der Waals surface area contributed by atoms with Crippen molar-refractivity contribution in [2.75, 3.05) is 11.9 Å². The number of anilines is 1. The number of hydrogen-bond donors (Lipinski definition) is 2. The average molecular weight is 334 g/mol. The first-order valence-corrected chi connectivity index (χ1v) is 7.17. The molecule has 5 heteroatoms. The summed E-state index contributed by atoms with van der Waals surface area (Å²) in [4.78, 5) is 11.7. The van der Waals surface area contributed by atoms with Gasteiger partial charge >= 0.3 is 0 Å². The van der Waals surface area contributed by atoms with Gasteiger partial charge in [-0.1, -0.05) is 18.0 Å². The Labute approximate surface area is 121 Å². The number of carbonyl (C=O) groups excluding carboxylic acids is 1. The Balaban J connectivity index is 2.51. The lowest BCUT2D eigenvalue weighted by atomic mass is 10.2. The molecule has 1 aromatic carbocycles. The molecule has 0 aliphatic rings. The summed E-state index contributed by atoms with van der Waals surface area (Å²) in [5.74, 6) is 0.00708. The summed E-state index contributed by atoms with van der Waals surface area (Å²) < 4.78 is 0.847. The van der Waals surface area contributed by atoms with Gasteiger partial charge in [0.15, 0.2) is 0 Å². The van der Waals surface area contributed by atoms with Gasteiger partial charge in [0, 0.05) is 15.9 Å². The number of unbranched alkanes of at least 4 members (excludes halogenated alkanes) is 2. The van der Waals surface area contributed by atoms with Gasteiger partial charge in [0.2, 0.25) is 5.91 Å². The van der Waals surface area contributed by atoms with E-state index in [1.54, 1.807) is 6.07 Å². The standard InChI is InChI=1S/C13H18BrClN2O/c1-9-7-10(14)12(8-11(9)15)17-13(18)5-3-2-4-6-16/h7-8H,2-6,16H2,1H3,(H,17,18). The van der Waals surface area contributed by atoms with Crippen LogP contribution in [0.5, 0.6) is 0 Å². The normalized spacial score (nSPS) is 10.4. The molecule has 1 aromatic rings. The van der Waals surface area contributed by atoms with Crippen LogP contribution in [0.15, 0.2) is 16.6 Å². The fourth-order valence-electron chi connectivity index (χ4n) is 1.56. The highest BCUT2D eigenvalue weighted by atomic mass is 79.9. The molecule has 3 nitrogen and oxygen atoms in total. The lowest BCUT2D eigenvalue weighted by molar-refractivity contribution is -0.116. The summed E-state index contributed by atoms with van der Waals surface area (Å²) in [6, 6.07) is 3.66. The smallest absolute Gasteiger partial charge is 0.224 e. The molecule has 0 aromatic heterocycles. The van der Waals surface area contributed by atoms with E-state index in [1.165, 1.54) is 0 Å². The summed E-state index contributed by atoms with van der Waals surface area (Å²) in [5, 5.41) is 3.50. The quantitative estimate of drug-likeness (QED) is 0.776. The highest BCUT2D eigenvalue weighted by molar-refractivity contribution is 9.10. The predicted octanol–water partition coefficient (Wildman–Crippen LogP) is 3.87. The lowest BCUT2D eigenvalue weighted by Crippen LogP contribution is -2.12. The first-order valence-electron chi connectivity index (χ1n) is 6.00. The van der Waals surface area contributed by atoms with Crippen molar-refractivity contribution < 1.29 is 4.79 Å². The summed E-state index contributed by atoms with van der Waals surface area (Å²) in [5.41, 5.74) is 7.09. The zero-order valence-electron chi connectivity index (χ0n) is 10.4. The average Bonchev–Trinajstić information content (AvgIpc) is 2.32. The Morgan fingerprint density at radius 1 is 1.39 bits per heavy atom. The first-order chi connectivity index (χ1) is 8.54. The Hall–Kier alpha value is -0.580. The predicted molar refractivity (Wildman–Crippen MR) is 80.0 cm³/mol. The number of nitrogens with two attached hydrogens (primary N) is 1. The van der Waals surface area contributed by atoms with Gasteiger partial charge in [-0.15, -0.1) is 0 Å². The van der Waals surface area contributed by atoms with Gasteiger partial charge in [0.25, 0.3) is 0 Å². The number of aryl methyl sites for hydroxylation is 1. The van der Waals surface area contributed by atoms with Gasteiger partial charge in [-0.05, 0) is 59.9 Å². The van der Waals surface area contributed by atoms with Crippen molar-refractivity contribution in [2.24, 2.45) is 5.73 Å². The highest BCUT2D eigenvalue weighted by Gasteiger charge is 2.07. The number of benzene rings is 1. The summed E-state index contributed by atoms with van der Waals surface area (Å²) in [6.07, 6.45) is 3.32. The number of amides is 1. The minimum absolute atomic E-state index is 0.00708.